The van der Waals surface area contributed by atoms with E-state index in [1.807, 2.05) is 43.3 Å². The van der Waals surface area contributed by atoms with Crippen LogP contribution in [0, 0.1) is 0 Å². The number of nitrogens with two attached hydrogens (primary N) is 1. The predicted molar refractivity (Wildman–Crippen MR) is 110 cm³/mol. The van der Waals surface area contributed by atoms with E-state index in [1.165, 1.54) is 0 Å². The number of aryl methyl sites for hydroxylation is 1. The zero-order valence-electron chi connectivity index (χ0n) is 15.8. The van der Waals surface area contributed by atoms with Gasteiger partial charge in [-0.2, -0.15) is 13.2 Å². The molecule has 0 aliphatic heterocycles. The summed E-state index contributed by atoms with van der Waals surface area (Å²) in [6.45, 7) is 0.544. The molecule has 0 aliphatic rings. The Kier molecular flexibility index (Phi) is 5.91. The maximum absolute atomic E-state index is 13.6. The number of benzene rings is 2. The number of aromatic amines is 1. The van der Waals surface area contributed by atoms with Gasteiger partial charge in [0.15, 0.2) is 0 Å². The largest absolute Gasteiger partial charge is 0.418 e. The molecule has 0 aliphatic carbocycles. The number of rotatable bonds is 6. The molecule has 3 aromatic rings. The van der Waals surface area contributed by atoms with Gasteiger partial charge in [-0.05, 0) is 55.6 Å². The van der Waals surface area contributed by atoms with Gasteiger partial charge in [-0.3, -0.25) is 0 Å². The van der Waals surface area contributed by atoms with Crippen molar-refractivity contribution >= 4 is 28.2 Å². The molecular formula is C21H23ClF3N3. The number of unbranched alkanes of at least 4 members (excludes halogenated alkanes) is 1. The van der Waals surface area contributed by atoms with Crippen molar-refractivity contribution in [3.8, 4) is 11.3 Å². The van der Waals surface area contributed by atoms with Crippen LogP contribution in [0.1, 0.15) is 24.0 Å². The van der Waals surface area contributed by atoms with E-state index in [9.17, 15) is 13.2 Å². The highest BCUT2D eigenvalue weighted by atomic mass is 35.5. The summed E-state index contributed by atoms with van der Waals surface area (Å²) in [5.41, 5.74) is 8.28. The number of nitrogens with one attached hydrogen (secondary N) is 1. The van der Waals surface area contributed by atoms with Crippen molar-refractivity contribution in [1.29, 1.82) is 0 Å². The van der Waals surface area contributed by atoms with Crippen LogP contribution < -0.4 is 10.6 Å². The van der Waals surface area contributed by atoms with Gasteiger partial charge in [0, 0.05) is 41.4 Å². The Bertz CT molecular complexity index is 977. The minimum atomic E-state index is -4.49. The van der Waals surface area contributed by atoms with Gasteiger partial charge in [0.2, 0.25) is 0 Å². The first kappa shape index (κ1) is 20.6. The van der Waals surface area contributed by atoms with Crippen LogP contribution in [0.5, 0.6) is 0 Å². The van der Waals surface area contributed by atoms with Crippen molar-refractivity contribution in [2.45, 2.75) is 25.4 Å². The zero-order chi connectivity index (χ0) is 20.5. The standard InChI is InChI=1S/C21H23ClF3N3/c1-28(2)15-7-5-6-13(10-15)19-16(8-3-4-9-26)17-11-14(22)12-18(20(17)27-19)21(23,24)25/h5-7,10-12,27H,3-4,8-9,26H2,1-2H3. The molecule has 2 aromatic carbocycles. The quantitative estimate of drug-likeness (QED) is 0.501. The lowest BCUT2D eigenvalue weighted by Gasteiger charge is -2.14. The van der Waals surface area contributed by atoms with Gasteiger partial charge >= 0.3 is 6.18 Å². The van der Waals surface area contributed by atoms with Crippen LogP contribution >= 0.6 is 11.6 Å². The number of nitrogens with zero attached hydrogens (tertiary/aromatic N) is 1. The molecule has 0 spiro atoms. The molecular weight excluding hydrogens is 387 g/mol. The van der Waals surface area contributed by atoms with Crippen LogP contribution in [0.2, 0.25) is 5.02 Å². The maximum Gasteiger partial charge on any atom is 0.418 e. The zero-order valence-corrected chi connectivity index (χ0v) is 16.6. The molecule has 0 saturated heterocycles. The number of anilines is 1. The van der Waals surface area contributed by atoms with Crippen molar-refractivity contribution in [2.75, 3.05) is 25.5 Å². The molecule has 0 amide bonds. The van der Waals surface area contributed by atoms with E-state index in [4.69, 9.17) is 17.3 Å². The number of alkyl halides is 3. The summed E-state index contributed by atoms with van der Waals surface area (Å²) in [5, 5.41) is 0.592. The van der Waals surface area contributed by atoms with Crippen molar-refractivity contribution in [1.82, 2.24) is 4.98 Å². The van der Waals surface area contributed by atoms with Crippen molar-refractivity contribution in [3.63, 3.8) is 0 Å². The molecule has 7 heteroatoms. The van der Waals surface area contributed by atoms with Crippen molar-refractivity contribution in [2.24, 2.45) is 5.73 Å². The van der Waals surface area contributed by atoms with E-state index in [1.54, 1.807) is 6.07 Å². The molecule has 0 radical (unpaired) electrons. The number of fused-ring (bicyclic) bond motifs is 1. The molecule has 3 nitrogen and oxygen atoms in total. The molecule has 0 atom stereocenters. The first-order valence-corrected chi connectivity index (χ1v) is 9.49. The van der Waals surface area contributed by atoms with Gasteiger partial charge in [-0.25, -0.2) is 0 Å². The van der Waals surface area contributed by atoms with Gasteiger partial charge in [0.05, 0.1) is 11.1 Å². The first-order chi connectivity index (χ1) is 13.2. The summed E-state index contributed by atoms with van der Waals surface area (Å²) in [5.74, 6) is 0. The molecule has 150 valence electrons. The van der Waals surface area contributed by atoms with E-state index in [-0.39, 0.29) is 10.5 Å². The van der Waals surface area contributed by atoms with Crippen LogP contribution in [0.25, 0.3) is 22.2 Å². The number of halogens is 4. The highest BCUT2D eigenvalue weighted by molar-refractivity contribution is 6.31. The van der Waals surface area contributed by atoms with Crippen molar-refractivity contribution in [3.05, 3.63) is 52.5 Å². The van der Waals surface area contributed by atoms with Crippen molar-refractivity contribution < 1.29 is 13.2 Å². The monoisotopic (exact) mass is 409 g/mol. The van der Waals surface area contributed by atoms with E-state index in [0.717, 1.165) is 35.7 Å². The lowest BCUT2D eigenvalue weighted by Crippen LogP contribution is -2.08. The molecule has 0 unspecified atom stereocenters. The lowest BCUT2D eigenvalue weighted by molar-refractivity contribution is -0.136. The Balaban J connectivity index is 2.26. The third-order valence-corrected chi connectivity index (χ3v) is 5.04. The fourth-order valence-corrected chi connectivity index (χ4v) is 3.65. The Morgan fingerprint density at radius 1 is 1.11 bits per heavy atom. The molecule has 1 heterocycles. The maximum atomic E-state index is 13.6. The summed E-state index contributed by atoms with van der Waals surface area (Å²) in [7, 11) is 3.85. The Hall–Kier alpha value is -2.18. The molecule has 28 heavy (non-hydrogen) atoms. The Labute approximate surface area is 167 Å². The average molecular weight is 410 g/mol. The van der Waals surface area contributed by atoms with Gasteiger partial charge in [0.25, 0.3) is 0 Å². The summed E-state index contributed by atoms with van der Waals surface area (Å²) in [6, 6.07) is 10.3. The van der Waals surface area contributed by atoms with Gasteiger partial charge in [0.1, 0.15) is 0 Å². The molecule has 0 fully saturated rings. The van der Waals surface area contributed by atoms with Gasteiger partial charge in [-0.1, -0.05) is 23.7 Å². The first-order valence-electron chi connectivity index (χ1n) is 9.11. The smallest absolute Gasteiger partial charge is 0.378 e. The van der Waals surface area contributed by atoms with Gasteiger partial charge < -0.3 is 15.6 Å². The average Bonchev–Trinajstić information content (AvgIpc) is 2.99. The third kappa shape index (κ3) is 4.13. The second kappa shape index (κ2) is 8.05. The SMILES string of the molecule is CN(C)c1cccc(-c2[nH]c3c(C(F)(F)F)cc(Cl)cc3c2CCCCN)c1. The van der Waals surface area contributed by atoms with E-state index in [0.29, 0.717) is 24.0 Å². The minimum Gasteiger partial charge on any atom is -0.378 e. The highest BCUT2D eigenvalue weighted by Gasteiger charge is 2.34. The van der Waals surface area contributed by atoms with E-state index < -0.39 is 11.7 Å². The summed E-state index contributed by atoms with van der Waals surface area (Å²) < 4.78 is 40.8. The topological polar surface area (TPSA) is 45.0 Å². The second-order valence-corrected chi connectivity index (χ2v) is 7.48. The van der Waals surface area contributed by atoms with Crippen LogP contribution in [-0.4, -0.2) is 25.6 Å². The highest BCUT2D eigenvalue weighted by Crippen LogP contribution is 2.41. The summed E-state index contributed by atoms with van der Waals surface area (Å²) >= 11 is 6.04. The predicted octanol–water partition coefficient (Wildman–Crippen LogP) is 5.85. The molecule has 1 aromatic heterocycles. The number of hydrogen-bond donors (Lipinski definition) is 2. The molecule has 0 saturated carbocycles. The van der Waals surface area contributed by atoms with E-state index >= 15 is 0 Å². The number of H-pyrrole nitrogens is 1. The normalized spacial score (nSPS) is 12.0. The third-order valence-electron chi connectivity index (χ3n) is 4.82. The lowest BCUT2D eigenvalue weighted by atomic mass is 9.99. The minimum absolute atomic E-state index is 0.0740. The summed E-state index contributed by atoms with van der Waals surface area (Å²) in [4.78, 5) is 5.00. The number of aromatic nitrogens is 1. The summed E-state index contributed by atoms with van der Waals surface area (Å²) in [6.07, 6.45) is -2.28. The fourth-order valence-electron chi connectivity index (χ4n) is 3.43. The van der Waals surface area contributed by atoms with Crippen LogP contribution in [0.3, 0.4) is 0 Å². The second-order valence-electron chi connectivity index (χ2n) is 7.04. The number of hydrogen-bond acceptors (Lipinski definition) is 2. The Morgan fingerprint density at radius 3 is 2.50 bits per heavy atom. The Morgan fingerprint density at radius 2 is 1.86 bits per heavy atom. The van der Waals surface area contributed by atoms with Crippen LogP contribution in [0.4, 0.5) is 18.9 Å². The van der Waals surface area contributed by atoms with Gasteiger partial charge in [-0.15, -0.1) is 0 Å². The molecule has 3 rings (SSSR count). The molecule has 0 bridgehead atoms. The van der Waals surface area contributed by atoms with Crippen LogP contribution in [0.15, 0.2) is 36.4 Å². The van der Waals surface area contributed by atoms with E-state index in [2.05, 4.69) is 4.98 Å². The fraction of sp³-hybridized carbons (Fsp3) is 0.333. The van der Waals surface area contributed by atoms with Crippen LogP contribution in [-0.2, 0) is 12.6 Å². The molecule has 3 N–H and O–H groups in total.